The van der Waals surface area contributed by atoms with Crippen molar-refractivity contribution in [2.45, 2.75) is 34.6 Å². The highest BCUT2D eigenvalue weighted by molar-refractivity contribution is 5.21. The maximum Gasteiger partial charge on any atom is 0.00107 e. The highest BCUT2D eigenvalue weighted by atomic mass is 14.1. The molecule has 0 radical (unpaired) electrons. The molecule has 0 aromatic carbocycles. The monoisotopic (exact) mass is 190 g/mol. The van der Waals surface area contributed by atoms with Crippen LogP contribution in [-0.4, -0.2) is 0 Å². The Kier molecular flexibility index (Phi) is 5.94. The molecular weight excluding hydrogens is 168 g/mol. The van der Waals surface area contributed by atoms with Gasteiger partial charge in [-0.25, -0.2) is 0 Å². The van der Waals surface area contributed by atoms with Crippen LogP contribution in [0.25, 0.3) is 0 Å². The van der Waals surface area contributed by atoms with Gasteiger partial charge in [-0.1, -0.05) is 62.0 Å². The third kappa shape index (κ3) is 6.47. The number of hydrogen-bond acceptors (Lipinski definition) is 0. The van der Waals surface area contributed by atoms with Crippen molar-refractivity contribution in [1.82, 2.24) is 0 Å². The Bertz CT molecular complexity index is 260. The molecular formula is C14H22. The maximum absolute atomic E-state index is 2.22. The van der Waals surface area contributed by atoms with Gasteiger partial charge in [-0.2, -0.15) is 0 Å². The summed E-state index contributed by atoms with van der Waals surface area (Å²) in [4.78, 5) is 0. The molecule has 0 aliphatic heterocycles. The first-order valence-corrected chi connectivity index (χ1v) is 5.14. The molecule has 0 saturated carbocycles. The van der Waals surface area contributed by atoms with Crippen molar-refractivity contribution >= 4 is 0 Å². The summed E-state index contributed by atoms with van der Waals surface area (Å²) in [5, 5.41) is 0. The van der Waals surface area contributed by atoms with Gasteiger partial charge in [-0.05, 0) is 20.8 Å². The lowest BCUT2D eigenvalue weighted by Crippen LogP contribution is -2.01. The molecule has 0 spiro atoms. The molecule has 0 aliphatic rings. The fourth-order valence-corrected chi connectivity index (χ4v) is 0.913. The summed E-state index contributed by atoms with van der Waals surface area (Å²) in [6, 6.07) is 0. The second-order valence-electron chi connectivity index (χ2n) is 4.07. The van der Waals surface area contributed by atoms with Crippen LogP contribution in [0.15, 0.2) is 48.1 Å². The zero-order valence-electron chi connectivity index (χ0n) is 10.0. The van der Waals surface area contributed by atoms with Gasteiger partial charge in [0.2, 0.25) is 0 Å². The van der Waals surface area contributed by atoms with Crippen LogP contribution in [0.2, 0.25) is 0 Å². The summed E-state index contributed by atoms with van der Waals surface area (Å²) < 4.78 is 0. The van der Waals surface area contributed by atoms with Gasteiger partial charge in [-0.3, -0.25) is 0 Å². The van der Waals surface area contributed by atoms with Crippen molar-refractivity contribution in [3.63, 3.8) is 0 Å². The summed E-state index contributed by atoms with van der Waals surface area (Å²) in [5.74, 6) is 0. The average molecular weight is 190 g/mol. The molecule has 0 atom stereocenters. The highest BCUT2D eigenvalue weighted by Gasteiger charge is 2.07. The molecule has 0 heteroatoms. The van der Waals surface area contributed by atoms with Gasteiger partial charge >= 0.3 is 0 Å². The summed E-state index contributed by atoms with van der Waals surface area (Å²) >= 11 is 0. The van der Waals surface area contributed by atoms with Gasteiger partial charge in [0, 0.05) is 5.41 Å². The lowest BCUT2D eigenvalue weighted by atomic mass is 9.91. The number of rotatable bonds is 4. The van der Waals surface area contributed by atoms with E-state index >= 15 is 0 Å². The molecule has 0 aromatic heterocycles. The van der Waals surface area contributed by atoms with E-state index in [2.05, 4.69) is 64.2 Å². The molecule has 0 heterocycles. The molecule has 0 unspecified atom stereocenters. The number of hydrogen-bond donors (Lipinski definition) is 0. The van der Waals surface area contributed by atoms with Crippen molar-refractivity contribution < 1.29 is 0 Å². The van der Waals surface area contributed by atoms with E-state index in [9.17, 15) is 0 Å². The number of allylic oxidation sites excluding steroid dienone is 8. The fraction of sp³-hybridized carbons (Fsp3) is 0.429. The highest BCUT2D eigenvalue weighted by Crippen LogP contribution is 2.19. The van der Waals surface area contributed by atoms with E-state index in [1.807, 2.05) is 13.0 Å². The molecule has 0 fully saturated rings. The second-order valence-corrected chi connectivity index (χ2v) is 4.07. The van der Waals surface area contributed by atoms with Crippen LogP contribution in [0.4, 0.5) is 0 Å². The van der Waals surface area contributed by atoms with E-state index in [1.165, 1.54) is 5.57 Å². The molecule has 0 aromatic rings. The maximum atomic E-state index is 2.22. The van der Waals surface area contributed by atoms with Crippen molar-refractivity contribution in [3.05, 3.63) is 48.1 Å². The van der Waals surface area contributed by atoms with Crippen LogP contribution < -0.4 is 0 Å². The second kappa shape index (κ2) is 6.42. The molecule has 0 rings (SSSR count). The SMILES string of the molecule is C/C=C/C=C\C(C)(C)/C=C\C(C)=C\C. The van der Waals surface area contributed by atoms with Gasteiger partial charge in [0.25, 0.3) is 0 Å². The summed E-state index contributed by atoms with van der Waals surface area (Å²) in [6.45, 7) is 10.6. The van der Waals surface area contributed by atoms with E-state index in [0.717, 1.165) is 0 Å². The first kappa shape index (κ1) is 13.0. The van der Waals surface area contributed by atoms with Crippen molar-refractivity contribution in [2.24, 2.45) is 5.41 Å². The Morgan fingerprint density at radius 2 is 1.64 bits per heavy atom. The van der Waals surface area contributed by atoms with Gasteiger partial charge in [0.05, 0.1) is 0 Å². The molecule has 0 amide bonds. The lowest BCUT2D eigenvalue weighted by molar-refractivity contribution is 0.625. The zero-order chi connectivity index (χ0) is 11.0. The molecule has 78 valence electrons. The predicted molar refractivity (Wildman–Crippen MR) is 66.3 cm³/mol. The van der Waals surface area contributed by atoms with Crippen molar-refractivity contribution in [1.29, 1.82) is 0 Å². The molecule has 0 nitrogen and oxygen atoms in total. The minimum atomic E-state index is 0.129. The van der Waals surface area contributed by atoms with E-state index in [4.69, 9.17) is 0 Å². The van der Waals surface area contributed by atoms with Crippen LogP contribution in [0, 0.1) is 5.41 Å². The first-order valence-electron chi connectivity index (χ1n) is 5.14. The Morgan fingerprint density at radius 1 is 1.00 bits per heavy atom. The third-order valence-electron chi connectivity index (χ3n) is 2.06. The molecule has 14 heavy (non-hydrogen) atoms. The minimum Gasteiger partial charge on any atom is -0.0877 e. The standard InChI is InChI=1S/C14H22/c1-6-8-9-11-14(4,5)12-10-13(3)7-2/h6-12H,1-5H3/b8-6+,11-9-,12-10-,13-7+. The average Bonchev–Trinajstić information content (AvgIpc) is 2.14. The van der Waals surface area contributed by atoms with Gasteiger partial charge < -0.3 is 0 Å². The zero-order valence-corrected chi connectivity index (χ0v) is 10.0. The largest absolute Gasteiger partial charge is 0.0877 e. The van der Waals surface area contributed by atoms with Gasteiger partial charge in [-0.15, -0.1) is 0 Å². The van der Waals surface area contributed by atoms with E-state index in [-0.39, 0.29) is 5.41 Å². The summed E-state index contributed by atoms with van der Waals surface area (Å²) in [6.07, 6.45) is 14.9. The van der Waals surface area contributed by atoms with Gasteiger partial charge in [0.15, 0.2) is 0 Å². The Hall–Kier alpha value is -1.04. The Labute approximate surface area is 88.7 Å². The van der Waals surface area contributed by atoms with Crippen LogP contribution >= 0.6 is 0 Å². The van der Waals surface area contributed by atoms with Crippen LogP contribution in [0.3, 0.4) is 0 Å². The van der Waals surface area contributed by atoms with Crippen molar-refractivity contribution in [2.75, 3.05) is 0 Å². The third-order valence-corrected chi connectivity index (χ3v) is 2.06. The van der Waals surface area contributed by atoms with Crippen LogP contribution in [0.1, 0.15) is 34.6 Å². The molecule has 0 N–H and O–H groups in total. The molecule has 0 saturated heterocycles. The van der Waals surface area contributed by atoms with E-state index in [0.29, 0.717) is 0 Å². The first-order chi connectivity index (χ1) is 6.52. The Balaban J connectivity index is 4.41. The van der Waals surface area contributed by atoms with E-state index < -0.39 is 0 Å². The smallest absolute Gasteiger partial charge is 0.00107 e. The fourth-order valence-electron chi connectivity index (χ4n) is 0.913. The molecule has 0 aliphatic carbocycles. The normalized spacial score (nSPS) is 15.1. The summed E-state index contributed by atoms with van der Waals surface area (Å²) in [5.41, 5.74) is 1.43. The molecule has 0 bridgehead atoms. The quantitative estimate of drug-likeness (QED) is 0.565. The minimum absolute atomic E-state index is 0.129. The van der Waals surface area contributed by atoms with Crippen LogP contribution in [0.5, 0.6) is 0 Å². The van der Waals surface area contributed by atoms with E-state index in [1.54, 1.807) is 0 Å². The summed E-state index contributed by atoms with van der Waals surface area (Å²) in [7, 11) is 0. The Morgan fingerprint density at radius 3 is 2.14 bits per heavy atom. The van der Waals surface area contributed by atoms with Gasteiger partial charge in [0.1, 0.15) is 0 Å². The van der Waals surface area contributed by atoms with Crippen molar-refractivity contribution in [3.8, 4) is 0 Å². The lowest BCUT2D eigenvalue weighted by Gasteiger charge is -2.13. The van der Waals surface area contributed by atoms with Crippen LogP contribution in [-0.2, 0) is 0 Å². The topological polar surface area (TPSA) is 0 Å². The predicted octanol–water partition coefficient (Wildman–Crippen LogP) is 4.67.